The first kappa shape index (κ1) is 27.3. The molecule has 1 aliphatic rings. The number of hydrogen-bond donors (Lipinski definition) is 2. The molecule has 2 N–H and O–H groups in total. The molecule has 2 aromatic carbocycles. The summed E-state index contributed by atoms with van der Waals surface area (Å²) in [5.41, 5.74) is 3.79. The van der Waals surface area contributed by atoms with Crippen LogP contribution in [0.4, 0.5) is 11.5 Å². The maximum absolute atomic E-state index is 13.8. The predicted octanol–water partition coefficient (Wildman–Crippen LogP) is 4.96. The smallest absolute Gasteiger partial charge is 0.305 e. The highest BCUT2D eigenvalue weighted by Crippen LogP contribution is 2.41. The highest BCUT2D eigenvalue weighted by molar-refractivity contribution is 7.19. The zero-order valence-electron chi connectivity index (χ0n) is 23.2. The van der Waals surface area contributed by atoms with Crippen LogP contribution >= 0.6 is 22.7 Å². The Morgan fingerprint density at radius 2 is 1.98 bits per heavy atom. The zero-order valence-corrected chi connectivity index (χ0v) is 24.8. The van der Waals surface area contributed by atoms with Crippen molar-refractivity contribution in [3.8, 4) is 5.75 Å². The Hall–Kier alpha value is -3.87. The second-order valence-corrected chi connectivity index (χ2v) is 12.6. The van der Waals surface area contributed by atoms with Crippen LogP contribution in [0.3, 0.4) is 0 Å². The van der Waals surface area contributed by atoms with Crippen LogP contribution in [0.1, 0.15) is 22.4 Å². The van der Waals surface area contributed by atoms with Crippen molar-refractivity contribution in [2.75, 3.05) is 39.6 Å². The zero-order chi connectivity index (χ0) is 28.5. The maximum atomic E-state index is 13.8. The molecule has 3 heterocycles. The number of thiophene rings is 1. The molecule has 1 unspecified atom stereocenters. The monoisotopic (exact) mass is 590 g/mol. The molecule has 0 amide bonds. The van der Waals surface area contributed by atoms with E-state index < -0.39 is 0 Å². The van der Waals surface area contributed by atoms with E-state index in [4.69, 9.17) is 4.74 Å². The Labute approximate surface area is 245 Å². The minimum atomic E-state index is -0.148. The van der Waals surface area contributed by atoms with Crippen molar-refractivity contribution in [1.29, 1.82) is 0 Å². The molecule has 0 saturated heterocycles. The van der Waals surface area contributed by atoms with E-state index >= 15 is 0 Å². The van der Waals surface area contributed by atoms with Gasteiger partial charge in [-0.05, 0) is 37.7 Å². The standard InChI is InChI=1S/C29H31N7O3S2/c1-34(2)11-12-35(16-18-7-5-4-6-8-18)36(38)19-9-10-20-24(13-19)40-28-26(20)27(30-17-31-28)32-21-15-25-22(14-23(21)39-3)33-29(37)41-25/h4-8,14-15,17,19H,9-13,16H2,1-3H3,(H-,30,31,32,33,37)/p+1. The molecule has 12 heteroatoms. The van der Waals surface area contributed by atoms with Gasteiger partial charge in [-0.2, -0.15) is 0 Å². The van der Waals surface area contributed by atoms with E-state index in [0.717, 1.165) is 62.4 Å². The van der Waals surface area contributed by atoms with Gasteiger partial charge < -0.3 is 19.9 Å². The van der Waals surface area contributed by atoms with Gasteiger partial charge in [-0.15, -0.1) is 16.3 Å². The number of H-pyrrole nitrogens is 1. The lowest BCUT2D eigenvalue weighted by Gasteiger charge is -2.23. The van der Waals surface area contributed by atoms with Crippen molar-refractivity contribution >= 4 is 54.6 Å². The highest BCUT2D eigenvalue weighted by Gasteiger charge is 2.37. The Bertz CT molecular complexity index is 1760. The van der Waals surface area contributed by atoms with Gasteiger partial charge in [-0.25, -0.2) is 9.97 Å². The van der Waals surface area contributed by atoms with Crippen LogP contribution in [-0.4, -0.2) is 70.1 Å². The average molecular weight is 591 g/mol. The molecular formula is C29H32N7O3S2+. The molecule has 0 saturated carbocycles. The first-order valence-corrected chi connectivity index (χ1v) is 15.2. The van der Waals surface area contributed by atoms with Gasteiger partial charge in [0.25, 0.3) is 0 Å². The number of benzene rings is 2. The number of nitrogens with one attached hydrogen (secondary N) is 2. The van der Waals surface area contributed by atoms with E-state index in [1.54, 1.807) is 24.8 Å². The fourth-order valence-electron chi connectivity index (χ4n) is 5.34. The first-order chi connectivity index (χ1) is 19.9. The molecule has 5 aromatic rings. The number of methoxy groups -OCH3 is 1. The lowest BCUT2D eigenvalue weighted by molar-refractivity contribution is -0.739. The third-order valence-electron chi connectivity index (χ3n) is 7.42. The van der Waals surface area contributed by atoms with Gasteiger partial charge in [0, 0.05) is 23.9 Å². The van der Waals surface area contributed by atoms with E-state index in [0.29, 0.717) is 31.1 Å². The molecule has 0 fully saturated rings. The van der Waals surface area contributed by atoms with Crippen molar-refractivity contribution in [1.82, 2.24) is 24.9 Å². The van der Waals surface area contributed by atoms with Crippen LogP contribution in [-0.2, 0) is 19.4 Å². The van der Waals surface area contributed by atoms with Gasteiger partial charge >= 0.3 is 4.87 Å². The van der Waals surface area contributed by atoms with E-state index in [1.165, 1.54) is 15.3 Å². The summed E-state index contributed by atoms with van der Waals surface area (Å²) in [5, 5.41) is 6.37. The second-order valence-electron chi connectivity index (χ2n) is 10.5. The summed E-state index contributed by atoms with van der Waals surface area (Å²) in [7, 11) is 5.66. The Morgan fingerprint density at radius 1 is 1.15 bits per heavy atom. The average Bonchev–Trinajstić information content (AvgIpc) is 3.53. The van der Waals surface area contributed by atoms with Crippen LogP contribution in [0.25, 0.3) is 20.4 Å². The number of likely N-dealkylation sites (N-methyl/N-ethyl adjacent to an activating group) is 1. The number of aromatic nitrogens is 3. The molecular weight excluding hydrogens is 558 g/mol. The molecule has 3 aromatic heterocycles. The molecule has 0 aliphatic heterocycles. The molecule has 0 bridgehead atoms. The van der Waals surface area contributed by atoms with Crippen molar-refractivity contribution in [3.05, 3.63) is 79.4 Å². The van der Waals surface area contributed by atoms with Crippen LogP contribution in [0.15, 0.2) is 53.6 Å². The van der Waals surface area contributed by atoms with Crippen molar-refractivity contribution in [2.24, 2.45) is 0 Å². The molecule has 1 aliphatic carbocycles. The van der Waals surface area contributed by atoms with Gasteiger partial charge in [-0.3, -0.25) is 4.79 Å². The number of hydrogen-bond acceptors (Lipinski definition) is 9. The van der Waals surface area contributed by atoms with Crippen molar-refractivity contribution in [3.63, 3.8) is 0 Å². The highest BCUT2D eigenvalue weighted by atomic mass is 32.1. The topological polar surface area (TPSA) is 106 Å². The summed E-state index contributed by atoms with van der Waals surface area (Å²) in [6.45, 7) is 2.03. The molecule has 212 valence electrons. The van der Waals surface area contributed by atoms with E-state index in [2.05, 4.69) is 37.3 Å². The fraction of sp³-hybridized carbons (Fsp3) is 0.345. The number of rotatable bonds is 10. The van der Waals surface area contributed by atoms with Gasteiger partial charge in [0.2, 0.25) is 6.04 Å². The van der Waals surface area contributed by atoms with E-state index in [1.807, 2.05) is 49.4 Å². The molecule has 6 rings (SSSR count). The van der Waals surface area contributed by atoms with Gasteiger partial charge in [0.1, 0.15) is 34.1 Å². The summed E-state index contributed by atoms with van der Waals surface area (Å²) < 4.78 is 6.45. The van der Waals surface area contributed by atoms with Gasteiger partial charge in [0.15, 0.2) is 0 Å². The number of fused-ring (bicyclic) bond motifs is 4. The summed E-state index contributed by atoms with van der Waals surface area (Å²) in [4.78, 5) is 43.0. The first-order valence-electron chi connectivity index (χ1n) is 13.5. The van der Waals surface area contributed by atoms with Crippen molar-refractivity contribution < 1.29 is 9.61 Å². The summed E-state index contributed by atoms with van der Waals surface area (Å²) in [6, 6.07) is 13.7. The van der Waals surface area contributed by atoms with Gasteiger partial charge in [-0.1, -0.05) is 41.7 Å². The van der Waals surface area contributed by atoms with Crippen molar-refractivity contribution in [2.45, 2.75) is 31.8 Å². The number of thiazole rings is 1. The molecule has 10 nitrogen and oxygen atoms in total. The lowest BCUT2D eigenvalue weighted by Crippen LogP contribution is -2.44. The number of anilines is 2. The number of ether oxygens (including phenoxy) is 1. The predicted molar refractivity (Wildman–Crippen MR) is 165 cm³/mol. The molecule has 1 atom stereocenters. The Kier molecular flexibility index (Phi) is 7.69. The SMILES string of the molecule is COc1cc2[nH]c(=O)sc2cc1Nc1ncnc2sc3c(c12)CCC([N+](=O)N(CCN(C)C)Cc1ccccc1)C3. The largest absolute Gasteiger partial charge is 0.494 e. The Morgan fingerprint density at radius 3 is 2.76 bits per heavy atom. The van der Waals surface area contributed by atoms with Crippen LogP contribution in [0.5, 0.6) is 5.75 Å². The number of aromatic amines is 1. The number of hydrazine groups is 1. The molecule has 0 spiro atoms. The lowest BCUT2D eigenvalue weighted by atomic mass is 9.93. The second kappa shape index (κ2) is 11.6. The minimum absolute atomic E-state index is 0.110. The summed E-state index contributed by atoms with van der Waals surface area (Å²) in [5.74, 6) is 1.31. The quantitative estimate of drug-likeness (QED) is 0.174. The minimum Gasteiger partial charge on any atom is -0.494 e. The summed E-state index contributed by atoms with van der Waals surface area (Å²) >= 11 is 2.79. The van der Waals surface area contributed by atoms with Gasteiger partial charge in [0.05, 0.1) is 46.3 Å². The third kappa shape index (κ3) is 5.67. The molecule has 41 heavy (non-hydrogen) atoms. The van der Waals surface area contributed by atoms with Crippen LogP contribution in [0.2, 0.25) is 0 Å². The number of aryl methyl sites for hydroxylation is 1. The van der Waals surface area contributed by atoms with E-state index in [-0.39, 0.29) is 10.9 Å². The Balaban J connectivity index is 1.27. The van der Waals surface area contributed by atoms with E-state index in [9.17, 15) is 9.70 Å². The summed E-state index contributed by atoms with van der Waals surface area (Å²) in [6.07, 6.45) is 3.74. The normalized spacial score (nSPS) is 14.9. The van der Waals surface area contributed by atoms with Crippen LogP contribution in [0, 0.1) is 4.91 Å². The maximum Gasteiger partial charge on any atom is 0.305 e. The van der Waals surface area contributed by atoms with Crippen LogP contribution < -0.4 is 14.9 Å². The number of nitrogens with zero attached hydrogens (tertiary/aromatic N) is 5. The molecule has 0 radical (unpaired) electrons. The third-order valence-corrected chi connectivity index (χ3v) is 9.43. The fourth-order valence-corrected chi connectivity index (χ4v) is 7.35. The number of nitroso groups, excluding NO2 is 1.